The number of halogens is 1. The Morgan fingerprint density at radius 3 is 2.67 bits per heavy atom. The van der Waals surface area contributed by atoms with Crippen LogP contribution in [0.2, 0.25) is 0 Å². The van der Waals surface area contributed by atoms with Crippen LogP contribution in [-0.2, 0) is 9.53 Å². The quantitative estimate of drug-likeness (QED) is 0.824. The molecule has 1 aliphatic heterocycles. The highest BCUT2D eigenvalue weighted by Crippen LogP contribution is 2.27. The predicted octanol–water partition coefficient (Wildman–Crippen LogP) is 2.43. The zero-order valence-corrected chi connectivity index (χ0v) is 9.93. The fraction of sp³-hybridized carbons (Fsp3) is 0.429. The van der Waals surface area contributed by atoms with Crippen molar-refractivity contribution < 1.29 is 13.9 Å². The molecule has 1 saturated heterocycles. The van der Waals surface area contributed by atoms with E-state index in [1.54, 1.807) is 12.1 Å². The lowest BCUT2D eigenvalue weighted by Gasteiger charge is -2.23. The van der Waals surface area contributed by atoms with Crippen molar-refractivity contribution in [2.75, 3.05) is 13.2 Å². The minimum Gasteiger partial charge on any atom is -0.381 e. The summed E-state index contributed by atoms with van der Waals surface area (Å²) in [7, 11) is 0. The molecule has 0 saturated carbocycles. The van der Waals surface area contributed by atoms with Crippen LogP contribution in [0.3, 0.4) is 0 Å². The zero-order valence-electron chi connectivity index (χ0n) is 9.93. The molecule has 0 amide bonds. The summed E-state index contributed by atoms with van der Waals surface area (Å²) in [5, 5.41) is 9.14. The van der Waals surface area contributed by atoms with Crippen LogP contribution in [0.4, 0.5) is 4.39 Å². The first-order valence-corrected chi connectivity index (χ1v) is 5.99. The van der Waals surface area contributed by atoms with E-state index in [0.29, 0.717) is 26.1 Å². The first kappa shape index (κ1) is 12.7. The monoisotopic (exact) mass is 247 g/mol. The highest BCUT2D eigenvalue weighted by atomic mass is 19.1. The summed E-state index contributed by atoms with van der Waals surface area (Å²) in [5.74, 6) is -1.88. The average Bonchev–Trinajstić information content (AvgIpc) is 2.42. The van der Waals surface area contributed by atoms with Gasteiger partial charge in [0.05, 0.1) is 6.07 Å². The lowest BCUT2D eigenvalue weighted by molar-refractivity contribution is -0.126. The molecular formula is C14H14FNO2. The minimum absolute atomic E-state index is 0.177. The van der Waals surface area contributed by atoms with Gasteiger partial charge in [0.25, 0.3) is 0 Å². The molecule has 0 spiro atoms. The summed E-state index contributed by atoms with van der Waals surface area (Å²) in [5.41, 5.74) is 0.177. The summed E-state index contributed by atoms with van der Waals surface area (Å²) in [6.07, 6.45) is 1.23. The second-order valence-electron chi connectivity index (χ2n) is 4.37. The van der Waals surface area contributed by atoms with Crippen molar-refractivity contribution in [3.8, 4) is 6.07 Å². The topological polar surface area (TPSA) is 50.1 Å². The second-order valence-corrected chi connectivity index (χ2v) is 4.37. The molecule has 3 nitrogen and oxygen atoms in total. The Morgan fingerprint density at radius 2 is 2.06 bits per heavy atom. The van der Waals surface area contributed by atoms with Crippen molar-refractivity contribution in [3.63, 3.8) is 0 Å². The van der Waals surface area contributed by atoms with Gasteiger partial charge in [-0.25, -0.2) is 4.39 Å². The molecule has 0 aromatic heterocycles. The van der Waals surface area contributed by atoms with Gasteiger partial charge in [0.15, 0.2) is 5.78 Å². The SMILES string of the molecule is N#CC(C(=O)C1CCOCC1)c1ccccc1F. The van der Waals surface area contributed by atoms with E-state index in [-0.39, 0.29) is 17.3 Å². The molecular weight excluding hydrogens is 233 g/mol. The van der Waals surface area contributed by atoms with Crippen LogP contribution in [0.25, 0.3) is 0 Å². The number of ketones is 1. The van der Waals surface area contributed by atoms with Crippen LogP contribution in [0.15, 0.2) is 24.3 Å². The van der Waals surface area contributed by atoms with Crippen LogP contribution >= 0.6 is 0 Å². The maximum atomic E-state index is 13.6. The van der Waals surface area contributed by atoms with E-state index in [0.717, 1.165) is 0 Å². The first-order valence-electron chi connectivity index (χ1n) is 5.99. The van der Waals surface area contributed by atoms with Gasteiger partial charge < -0.3 is 4.74 Å². The Morgan fingerprint density at radius 1 is 1.39 bits per heavy atom. The Kier molecular flexibility index (Phi) is 4.06. The normalized spacial score (nSPS) is 18.0. The van der Waals surface area contributed by atoms with Gasteiger partial charge >= 0.3 is 0 Å². The van der Waals surface area contributed by atoms with Crippen molar-refractivity contribution in [2.45, 2.75) is 18.8 Å². The molecule has 4 heteroatoms. The molecule has 2 rings (SSSR count). The average molecular weight is 247 g/mol. The minimum atomic E-state index is -1.01. The van der Waals surface area contributed by atoms with Crippen molar-refractivity contribution in [3.05, 3.63) is 35.6 Å². The molecule has 0 bridgehead atoms. The van der Waals surface area contributed by atoms with Crippen LogP contribution in [0, 0.1) is 23.1 Å². The molecule has 94 valence electrons. The number of nitriles is 1. The fourth-order valence-corrected chi connectivity index (χ4v) is 2.21. The summed E-state index contributed by atoms with van der Waals surface area (Å²) in [6.45, 7) is 1.07. The summed E-state index contributed by atoms with van der Waals surface area (Å²) in [6, 6.07) is 7.89. The van der Waals surface area contributed by atoms with Crippen LogP contribution in [0.1, 0.15) is 24.3 Å². The van der Waals surface area contributed by atoms with Crippen molar-refractivity contribution in [1.82, 2.24) is 0 Å². The third kappa shape index (κ3) is 2.57. The molecule has 1 aromatic rings. The molecule has 1 aliphatic rings. The molecule has 1 atom stereocenters. The Hall–Kier alpha value is -1.73. The number of carbonyl (C=O) groups excluding carboxylic acids is 1. The summed E-state index contributed by atoms with van der Waals surface area (Å²) in [4.78, 5) is 12.2. The highest BCUT2D eigenvalue weighted by Gasteiger charge is 2.30. The number of benzene rings is 1. The molecule has 0 N–H and O–H groups in total. The number of hydrogen-bond donors (Lipinski definition) is 0. The van der Waals surface area contributed by atoms with Gasteiger partial charge in [-0.05, 0) is 18.9 Å². The van der Waals surface area contributed by atoms with Crippen molar-refractivity contribution in [2.24, 2.45) is 5.92 Å². The number of hydrogen-bond acceptors (Lipinski definition) is 3. The van der Waals surface area contributed by atoms with E-state index >= 15 is 0 Å². The van der Waals surface area contributed by atoms with Gasteiger partial charge in [-0.2, -0.15) is 5.26 Å². The van der Waals surface area contributed by atoms with E-state index in [1.807, 2.05) is 6.07 Å². The summed E-state index contributed by atoms with van der Waals surface area (Å²) >= 11 is 0. The molecule has 1 fully saturated rings. The molecule has 1 heterocycles. The number of Topliss-reactive ketones (excluding diaryl/α,β-unsaturated/α-hetero) is 1. The Labute approximate surface area is 105 Å². The highest BCUT2D eigenvalue weighted by molar-refractivity contribution is 5.90. The molecule has 1 unspecified atom stereocenters. The summed E-state index contributed by atoms with van der Waals surface area (Å²) < 4.78 is 18.8. The zero-order chi connectivity index (χ0) is 13.0. The fourth-order valence-electron chi connectivity index (χ4n) is 2.21. The molecule has 1 aromatic carbocycles. The third-order valence-corrected chi connectivity index (χ3v) is 3.25. The predicted molar refractivity (Wildman–Crippen MR) is 63.3 cm³/mol. The molecule has 0 radical (unpaired) electrons. The van der Waals surface area contributed by atoms with Crippen LogP contribution in [-0.4, -0.2) is 19.0 Å². The van der Waals surface area contributed by atoms with E-state index in [4.69, 9.17) is 10.00 Å². The number of ether oxygens (including phenoxy) is 1. The first-order chi connectivity index (χ1) is 8.74. The van der Waals surface area contributed by atoms with Gasteiger partial charge in [-0.15, -0.1) is 0 Å². The maximum Gasteiger partial charge on any atom is 0.157 e. The van der Waals surface area contributed by atoms with Gasteiger partial charge in [-0.1, -0.05) is 18.2 Å². The third-order valence-electron chi connectivity index (χ3n) is 3.25. The van der Waals surface area contributed by atoms with E-state index in [2.05, 4.69) is 0 Å². The standard InChI is InChI=1S/C14H14FNO2/c15-13-4-2-1-3-11(13)12(9-16)14(17)10-5-7-18-8-6-10/h1-4,10,12H,5-8H2. The van der Waals surface area contributed by atoms with Gasteiger partial charge in [0.1, 0.15) is 11.7 Å². The number of nitrogens with zero attached hydrogens (tertiary/aromatic N) is 1. The number of rotatable bonds is 3. The van der Waals surface area contributed by atoms with Gasteiger partial charge in [-0.3, -0.25) is 4.79 Å². The van der Waals surface area contributed by atoms with E-state index < -0.39 is 11.7 Å². The van der Waals surface area contributed by atoms with Crippen LogP contribution < -0.4 is 0 Å². The second kappa shape index (κ2) is 5.74. The smallest absolute Gasteiger partial charge is 0.157 e. The van der Waals surface area contributed by atoms with E-state index in [1.165, 1.54) is 12.1 Å². The Bertz CT molecular complexity index is 475. The maximum absolute atomic E-state index is 13.6. The van der Waals surface area contributed by atoms with E-state index in [9.17, 15) is 9.18 Å². The largest absolute Gasteiger partial charge is 0.381 e. The van der Waals surface area contributed by atoms with Gasteiger partial charge in [0, 0.05) is 24.7 Å². The lowest BCUT2D eigenvalue weighted by Crippen LogP contribution is -2.27. The van der Waals surface area contributed by atoms with Gasteiger partial charge in [0.2, 0.25) is 0 Å². The Balaban J connectivity index is 2.21. The molecule has 0 aliphatic carbocycles. The van der Waals surface area contributed by atoms with Crippen LogP contribution in [0.5, 0.6) is 0 Å². The molecule has 18 heavy (non-hydrogen) atoms. The van der Waals surface area contributed by atoms with Crippen molar-refractivity contribution in [1.29, 1.82) is 5.26 Å². The number of carbonyl (C=O) groups is 1. The lowest BCUT2D eigenvalue weighted by atomic mass is 9.84. The van der Waals surface area contributed by atoms with Crippen molar-refractivity contribution >= 4 is 5.78 Å².